The molecular formula is C14H17BrN2O3. The van der Waals surface area contributed by atoms with Crippen LogP contribution in [-0.2, 0) is 4.79 Å². The molecular weight excluding hydrogens is 324 g/mol. The number of hydrogen-bond donors (Lipinski definition) is 3. The lowest BCUT2D eigenvalue weighted by Gasteiger charge is -2.33. The zero-order chi connectivity index (χ0) is 14.8. The highest BCUT2D eigenvalue weighted by Crippen LogP contribution is 2.23. The van der Waals surface area contributed by atoms with Gasteiger partial charge in [-0.2, -0.15) is 0 Å². The van der Waals surface area contributed by atoms with Crippen molar-refractivity contribution < 1.29 is 14.7 Å². The smallest absolute Gasteiger partial charge is 0.335 e. The fourth-order valence-electron chi connectivity index (χ4n) is 2.30. The number of carbonyl (C=O) groups excluding carboxylic acids is 1. The van der Waals surface area contributed by atoms with Crippen LogP contribution in [0.15, 0.2) is 22.7 Å². The monoisotopic (exact) mass is 340 g/mol. The van der Waals surface area contributed by atoms with Crippen molar-refractivity contribution in [1.29, 1.82) is 0 Å². The van der Waals surface area contributed by atoms with Gasteiger partial charge in [0.2, 0.25) is 5.91 Å². The number of carboxylic acids is 1. The van der Waals surface area contributed by atoms with Crippen LogP contribution in [0.25, 0.3) is 0 Å². The Balaban J connectivity index is 2.17. The Hall–Kier alpha value is -1.40. The maximum Gasteiger partial charge on any atom is 0.335 e. The predicted octanol–water partition coefficient (Wildman–Crippen LogP) is 2.62. The number of aromatic carboxylic acids is 1. The molecule has 1 atom stereocenters. The number of carboxylic acid groups (broad SMARTS) is 1. The third kappa shape index (κ3) is 3.37. The van der Waals surface area contributed by atoms with Crippen molar-refractivity contribution in [3.05, 3.63) is 28.2 Å². The molecule has 1 aliphatic heterocycles. The topological polar surface area (TPSA) is 78.4 Å². The summed E-state index contributed by atoms with van der Waals surface area (Å²) in [5, 5.41) is 15.0. The SMILES string of the molecule is CC1(C(=O)Nc2cc(Br)cc(C(=O)O)c2)CCCCN1. The van der Waals surface area contributed by atoms with Crippen molar-refractivity contribution in [1.82, 2.24) is 5.32 Å². The Labute approximate surface area is 125 Å². The second-order valence-corrected chi connectivity index (χ2v) is 6.12. The lowest BCUT2D eigenvalue weighted by atomic mass is 9.90. The molecule has 2 rings (SSSR count). The summed E-state index contributed by atoms with van der Waals surface area (Å²) < 4.78 is 0.620. The van der Waals surface area contributed by atoms with E-state index in [-0.39, 0.29) is 11.5 Å². The number of amides is 1. The van der Waals surface area contributed by atoms with E-state index in [0.717, 1.165) is 25.8 Å². The first-order valence-electron chi connectivity index (χ1n) is 6.51. The summed E-state index contributed by atoms with van der Waals surface area (Å²) in [5.41, 5.74) is 0.0241. The van der Waals surface area contributed by atoms with Gasteiger partial charge in [0.05, 0.1) is 11.1 Å². The molecule has 6 heteroatoms. The first-order chi connectivity index (χ1) is 9.40. The van der Waals surface area contributed by atoms with E-state index in [2.05, 4.69) is 26.6 Å². The number of anilines is 1. The maximum absolute atomic E-state index is 12.3. The van der Waals surface area contributed by atoms with Gasteiger partial charge in [0.15, 0.2) is 0 Å². The zero-order valence-electron chi connectivity index (χ0n) is 11.2. The molecule has 0 aliphatic carbocycles. The van der Waals surface area contributed by atoms with Crippen LogP contribution < -0.4 is 10.6 Å². The Bertz CT molecular complexity index is 539. The van der Waals surface area contributed by atoms with Crippen LogP contribution in [0.5, 0.6) is 0 Å². The molecule has 0 aromatic heterocycles. The molecule has 0 bridgehead atoms. The Morgan fingerprint density at radius 1 is 1.35 bits per heavy atom. The molecule has 1 saturated heterocycles. The normalized spacial score (nSPS) is 22.3. The first kappa shape index (κ1) is 15.0. The van der Waals surface area contributed by atoms with Gasteiger partial charge in [-0.15, -0.1) is 0 Å². The Morgan fingerprint density at radius 3 is 2.70 bits per heavy atom. The van der Waals surface area contributed by atoms with Crippen molar-refractivity contribution in [3.63, 3.8) is 0 Å². The molecule has 1 aromatic rings. The molecule has 1 heterocycles. The maximum atomic E-state index is 12.3. The molecule has 1 amide bonds. The summed E-state index contributed by atoms with van der Waals surface area (Å²) >= 11 is 3.25. The third-order valence-corrected chi connectivity index (χ3v) is 3.98. The minimum absolute atomic E-state index is 0.133. The second kappa shape index (κ2) is 5.93. The van der Waals surface area contributed by atoms with E-state index in [1.807, 2.05) is 6.92 Å². The van der Waals surface area contributed by atoms with Gasteiger partial charge in [0, 0.05) is 10.2 Å². The average Bonchev–Trinajstić information content (AvgIpc) is 2.38. The van der Waals surface area contributed by atoms with Gasteiger partial charge in [-0.25, -0.2) is 4.79 Å². The molecule has 108 valence electrons. The second-order valence-electron chi connectivity index (χ2n) is 5.20. The number of carbonyl (C=O) groups is 2. The number of piperidine rings is 1. The van der Waals surface area contributed by atoms with E-state index in [1.165, 1.54) is 12.1 Å². The highest BCUT2D eigenvalue weighted by molar-refractivity contribution is 9.10. The molecule has 0 saturated carbocycles. The van der Waals surface area contributed by atoms with E-state index >= 15 is 0 Å². The first-order valence-corrected chi connectivity index (χ1v) is 7.30. The van der Waals surface area contributed by atoms with Gasteiger partial charge >= 0.3 is 5.97 Å². The van der Waals surface area contributed by atoms with Crippen LogP contribution in [0.4, 0.5) is 5.69 Å². The van der Waals surface area contributed by atoms with Gasteiger partial charge < -0.3 is 15.7 Å². The molecule has 0 radical (unpaired) electrons. The van der Waals surface area contributed by atoms with Gasteiger partial charge in [-0.3, -0.25) is 4.79 Å². The summed E-state index contributed by atoms with van der Waals surface area (Å²) in [5.74, 6) is -1.16. The van der Waals surface area contributed by atoms with Crippen LogP contribution in [0.2, 0.25) is 0 Å². The number of hydrogen-bond acceptors (Lipinski definition) is 3. The summed E-state index contributed by atoms with van der Waals surface area (Å²) in [6, 6.07) is 4.65. The Kier molecular flexibility index (Phi) is 4.45. The quantitative estimate of drug-likeness (QED) is 0.790. The fourth-order valence-corrected chi connectivity index (χ4v) is 2.80. The van der Waals surface area contributed by atoms with Crippen molar-refractivity contribution >= 4 is 33.5 Å². The highest BCUT2D eigenvalue weighted by Gasteiger charge is 2.34. The predicted molar refractivity (Wildman–Crippen MR) is 80.0 cm³/mol. The average molecular weight is 341 g/mol. The number of rotatable bonds is 3. The zero-order valence-corrected chi connectivity index (χ0v) is 12.8. The van der Waals surface area contributed by atoms with Crippen molar-refractivity contribution in [2.24, 2.45) is 0 Å². The lowest BCUT2D eigenvalue weighted by Crippen LogP contribution is -2.54. The minimum atomic E-state index is -1.02. The summed E-state index contributed by atoms with van der Waals surface area (Å²) in [6.07, 6.45) is 2.86. The molecule has 1 fully saturated rings. The summed E-state index contributed by atoms with van der Waals surface area (Å²) in [7, 11) is 0. The summed E-state index contributed by atoms with van der Waals surface area (Å²) in [6.45, 7) is 2.69. The van der Waals surface area contributed by atoms with Crippen molar-refractivity contribution in [3.8, 4) is 0 Å². The number of nitrogens with one attached hydrogen (secondary N) is 2. The Morgan fingerprint density at radius 2 is 2.10 bits per heavy atom. The van der Waals surface area contributed by atoms with Crippen LogP contribution in [0.3, 0.4) is 0 Å². The van der Waals surface area contributed by atoms with Crippen LogP contribution in [-0.4, -0.2) is 29.1 Å². The lowest BCUT2D eigenvalue weighted by molar-refractivity contribution is -0.122. The highest BCUT2D eigenvalue weighted by atomic mass is 79.9. The number of benzene rings is 1. The van der Waals surface area contributed by atoms with Gasteiger partial charge in [-0.05, 0) is 50.9 Å². The molecule has 1 aromatic carbocycles. The van der Waals surface area contributed by atoms with Crippen LogP contribution in [0.1, 0.15) is 36.5 Å². The van der Waals surface area contributed by atoms with Crippen molar-refractivity contribution in [2.75, 3.05) is 11.9 Å². The molecule has 0 spiro atoms. The fraction of sp³-hybridized carbons (Fsp3) is 0.429. The molecule has 1 aliphatic rings. The minimum Gasteiger partial charge on any atom is -0.478 e. The third-order valence-electron chi connectivity index (χ3n) is 3.52. The number of halogens is 1. The standard InChI is InChI=1S/C14H17BrN2O3/c1-14(4-2-3-5-16-14)13(20)17-11-7-9(12(18)19)6-10(15)8-11/h6-8,16H,2-5H2,1H3,(H,17,20)(H,18,19). The van der Waals surface area contributed by atoms with Gasteiger partial charge in [-0.1, -0.05) is 15.9 Å². The summed E-state index contributed by atoms with van der Waals surface area (Å²) in [4.78, 5) is 23.4. The van der Waals surface area contributed by atoms with Gasteiger partial charge in [0.1, 0.15) is 0 Å². The van der Waals surface area contributed by atoms with Crippen LogP contribution >= 0.6 is 15.9 Å². The van der Waals surface area contributed by atoms with E-state index in [1.54, 1.807) is 6.07 Å². The van der Waals surface area contributed by atoms with Gasteiger partial charge in [0.25, 0.3) is 0 Å². The molecule has 20 heavy (non-hydrogen) atoms. The van der Waals surface area contributed by atoms with E-state index in [0.29, 0.717) is 10.2 Å². The molecule has 1 unspecified atom stereocenters. The van der Waals surface area contributed by atoms with E-state index in [4.69, 9.17) is 5.11 Å². The van der Waals surface area contributed by atoms with Crippen molar-refractivity contribution in [2.45, 2.75) is 31.7 Å². The molecule has 3 N–H and O–H groups in total. The van der Waals surface area contributed by atoms with E-state index < -0.39 is 11.5 Å². The molecule has 5 nitrogen and oxygen atoms in total. The van der Waals surface area contributed by atoms with Crippen LogP contribution in [0, 0.1) is 0 Å². The van der Waals surface area contributed by atoms with E-state index in [9.17, 15) is 9.59 Å². The largest absolute Gasteiger partial charge is 0.478 e.